The highest BCUT2D eigenvalue weighted by Crippen LogP contribution is 2.34. The summed E-state index contributed by atoms with van der Waals surface area (Å²) in [7, 11) is 0. The highest BCUT2D eigenvalue weighted by atomic mass is 32.2. The molecule has 1 aromatic carbocycles. The zero-order valence-corrected chi connectivity index (χ0v) is 10.0. The molecule has 0 bridgehead atoms. The van der Waals surface area contributed by atoms with Gasteiger partial charge in [0.25, 0.3) is 0 Å². The number of nitriles is 1. The maximum atomic E-state index is 11.3. The van der Waals surface area contributed by atoms with Crippen molar-refractivity contribution in [3.8, 4) is 17.3 Å². The number of hydrogen-bond acceptors (Lipinski definition) is 4. The maximum Gasteiger partial charge on any atom is 0.234 e. The van der Waals surface area contributed by atoms with Gasteiger partial charge in [0, 0.05) is 10.5 Å². The number of nitrogens with zero attached hydrogens (tertiary/aromatic N) is 2. The van der Waals surface area contributed by atoms with E-state index >= 15 is 0 Å². The van der Waals surface area contributed by atoms with Gasteiger partial charge in [0.05, 0.1) is 23.5 Å². The number of aromatic nitrogens is 2. The molecule has 0 saturated heterocycles. The zero-order chi connectivity index (χ0) is 12.5. The van der Waals surface area contributed by atoms with Crippen molar-refractivity contribution in [1.29, 1.82) is 5.26 Å². The van der Waals surface area contributed by atoms with Gasteiger partial charge in [-0.25, -0.2) is 4.98 Å². The predicted octanol–water partition coefficient (Wildman–Crippen LogP) is 1.99. The minimum Gasteiger partial charge on any atom is -0.343 e. The fourth-order valence-corrected chi connectivity index (χ4v) is 2.63. The molecule has 2 N–H and O–H groups in total. The Hall–Kier alpha value is -2.26. The molecule has 0 saturated carbocycles. The number of hydrogen-bond donors (Lipinski definition) is 2. The van der Waals surface area contributed by atoms with Crippen molar-refractivity contribution < 1.29 is 4.79 Å². The van der Waals surface area contributed by atoms with E-state index in [1.807, 2.05) is 24.3 Å². The van der Waals surface area contributed by atoms with Crippen molar-refractivity contribution in [1.82, 2.24) is 9.97 Å². The largest absolute Gasteiger partial charge is 0.343 e. The average Bonchev–Trinajstić information content (AvgIpc) is 2.86. The lowest BCUT2D eigenvalue weighted by Gasteiger charge is -2.16. The van der Waals surface area contributed by atoms with Gasteiger partial charge in [0.1, 0.15) is 6.07 Å². The number of fused-ring (bicyclic) bond motifs is 1. The van der Waals surface area contributed by atoms with Crippen molar-refractivity contribution in [2.75, 3.05) is 11.1 Å². The van der Waals surface area contributed by atoms with Crippen LogP contribution in [0.25, 0.3) is 11.3 Å². The first-order chi connectivity index (χ1) is 8.78. The van der Waals surface area contributed by atoms with E-state index in [1.54, 1.807) is 0 Å². The number of rotatable bonds is 1. The second kappa shape index (κ2) is 4.20. The molecule has 1 amide bonds. The topological polar surface area (TPSA) is 81.6 Å². The quantitative estimate of drug-likeness (QED) is 0.817. The molecule has 18 heavy (non-hydrogen) atoms. The molecular formula is C12H8N4OS. The first-order valence-electron chi connectivity index (χ1n) is 5.28. The first-order valence-corrected chi connectivity index (χ1v) is 6.27. The molecule has 0 spiro atoms. The van der Waals surface area contributed by atoms with Crippen molar-refractivity contribution in [2.24, 2.45) is 0 Å². The molecule has 0 aliphatic carbocycles. The Bertz CT molecular complexity index is 671. The summed E-state index contributed by atoms with van der Waals surface area (Å²) in [6.07, 6.45) is 1.49. The molecular weight excluding hydrogens is 248 g/mol. The van der Waals surface area contributed by atoms with Crippen LogP contribution in [0.5, 0.6) is 0 Å². The summed E-state index contributed by atoms with van der Waals surface area (Å²) < 4.78 is 0. The van der Waals surface area contributed by atoms with Gasteiger partial charge in [-0.05, 0) is 12.1 Å². The van der Waals surface area contributed by atoms with E-state index in [4.69, 9.17) is 5.26 Å². The summed E-state index contributed by atoms with van der Waals surface area (Å²) in [6, 6.07) is 7.74. The molecule has 88 valence electrons. The van der Waals surface area contributed by atoms with Crippen LogP contribution in [-0.4, -0.2) is 21.6 Å². The van der Waals surface area contributed by atoms with Gasteiger partial charge in [0.2, 0.25) is 5.91 Å². The Morgan fingerprint density at radius 3 is 3.17 bits per heavy atom. The van der Waals surface area contributed by atoms with Crippen LogP contribution < -0.4 is 5.32 Å². The standard InChI is InChI=1S/C12H8N4OS/c13-4-9-12(15-6-14-9)7-1-2-10-8(3-7)16-11(17)5-18-10/h1-3,6H,5H2,(H,14,15)(H,16,17). The highest BCUT2D eigenvalue weighted by molar-refractivity contribution is 8.00. The summed E-state index contributed by atoms with van der Waals surface area (Å²) in [5.74, 6) is 0.439. The molecule has 3 rings (SSSR count). The van der Waals surface area contributed by atoms with E-state index in [1.165, 1.54) is 18.1 Å². The fraction of sp³-hybridized carbons (Fsp3) is 0.0833. The van der Waals surface area contributed by atoms with Gasteiger partial charge in [-0.1, -0.05) is 6.07 Å². The predicted molar refractivity (Wildman–Crippen MR) is 68.1 cm³/mol. The van der Waals surface area contributed by atoms with Crippen LogP contribution in [0.15, 0.2) is 29.4 Å². The van der Waals surface area contributed by atoms with Crippen LogP contribution in [-0.2, 0) is 4.79 Å². The molecule has 1 aliphatic rings. The van der Waals surface area contributed by atoms with Crippen molar-refractivity contribution in [2.45, 2.75) is 4.90 Å². The van der Waals surface area contributed by atoms with Crippen LogP contribution in [0.4, 0.5) is 5.69 Å². The Morgan fingerprint density at radius 1 is 1.44 bits per heavy atom. The van der Waals surface area contributed by atoms with Crippen LogP contribution in [0, 0.1) is 11.3 Å². The number of nitrogens with one attached hydrogen (secondary N) is 2. The second-order valence-electron chi connectivity index (χ2n) is 3.79. The number of carbonyl (C=O) groups excluding carboxylic acids is 1. The van der Waals surface area contributed by atoms with E-state index < -0.39 is 0 Å². The molecule has 2 heterocycles. The van der Waals surface area contributed by atoms with Crippen LogP contribution in [0.3, 0.4) is 0 Å². The van der Waals surface area contributed by atoms with Crippen molar-refractivity contribution in [3.63, 3.8) is 0 Å². The van der Waals surface area contributed by atoms with Crippen LogP contribution >= 0.6 is 11.8 Å². The number of thioether (sulfide) groups is 1. The molecule has 5 nitrogen and oxygen atoms in total. The highest BCUT2D eigenvalue weighted by Gasteiger charge is 2.17. The normalized spacial score (nSPS) is 13.6. The fourth-order valence-electron chi connectivity index (χ4n) is 1.84. The number of anilines is 1. The third-order valence-electron chi connectivity index (χ3n) is 2.65. The number of carbonyl (C=O) groups is 1. The van der Waals surface area contributed by atoms with Gasteiger partial charge in [-0.15, -0.1) is 11.8 Å². The van der Waals surface area contributed by atoms with Crippen LogP contribution in [0.1, 0.15) is 5.69 Å². The lowest BCUT2D eigenvalue weighted by Crippen LogP contribution is -2.18. The van der Waals surface area contributed by atoms with Gasteiger partial charge < -0.3 is 10.3 Å². The molecule has 0 unspecified atom stereocenters. The molecule has 6 heteroatoms. The third kappa shape index (κ3) is 1.75. The lowest BCUT2D eigenvalue weighted by molar-refractivity contribution is -0.113. The third-order valence-corrected chi connectivity index (χ3v) is 3.72. The van der Waals surface area contributed by atoms with E-state index in [0.29, 0.717) is 17.1 Å². The average molecular weight is 256 g/mol. The van der Waals surface area contributed by atoms with Gasteiger partial charge in [-0.2, -0.15) is 5.26 Å². The first kappa shape index (κ1) is 10.9. The number of aromatic amines is 1. The minimum atomic E-state index is -0.00485. The van der Waals surface area contributed by atoms with E-state index in [0.717, 1.165) is 16.1 Å². The van der Waals surface area contributed by atoms with Gasteiger partial charge >= 0.3 is 0 Å². The number of H-pyrrole nitrogens is 1. The number of benzene rings is 1. The van der Waals surface area contributed by atoms with E-state index in [9.17, 15) is 4.79 Å². The SMILES string of the molecule is N#Cc1nc[nH]c1-c1ccc2c(c1)NC(=O)CS2. The molecule has 0 radical (unpaired) electrons. The lowest BCUT2D eigenvalue weighted by atomic mass is 10.1. The van der Waals surface area contributed by atoms with E-state index in [2.05, 4.69) is 15.3 Å². The smallest absolute Gasteiger partial charge is 0.234 e. The number of amides is 1. The molecule has 0 fully saturated rings. The molecule has 1 aromatic heterocycles. The molecule has 1 aliphatic heterocycles. The van der Waals surface area contributed by atoms with Gasteiger partial charge in [-0.3, -0.25) is 4.79 Å². The Morgan fingerprint density at radius 2 is 2.33 bits per heavy atom. The second-order valence-corrected chi connectivity index (χ2v) is 4.80. The summed E-state index contributed by atoms with van der Waals surface area (Å²) in [5.41, 5.74) is 2.65. The van der Waals surface area contributed by atoms with Crippen molar-refractivity contribution in [3.05, 3.63) is 30.2 Å². The minimum absolute atomic E-state index is 0.00485. The molecule has 2 aromatic rings. The van der Waals surface area contributed by atoms with E-state index in [-0.39, 0.29) is 5.91 Å². The summed E-state index contributed by atoms with van der Waals surface area (Å²) in [6.45, 7) is 0. The van der Waals surface area contributed by atoms with Crippen molar-refractivity contribution >= 4 is 23.4 Å². The Labute approximate surface area is 107 Å². The Balaban J connectivity index is 2.08. The summed E-state index contributed by atoms with van der Waals surface area (Å²) >= 11 is 1.51. The maximum absolute atomic E-state index is 11.3. The summed E-state index contributed by atoms with van der Waals surface area (Å²) in [4.78, 5) is 19.2. The number of imidazole rings is 1. The summed E-state index contributed by atoms with van der Waals surface area (Å²) in [5, 5.41) is 11.8. The monoisotopic (exact) mass is 256 g/mol. The van der Waals surface area contributed by atoms with Crippen LogP contribution in [0.2, 0.25) is 0 Å². The zero-order valence-electron chi connectivity index (χ0n) is 9.23. The Kier molecular flexibility index (Phi) is 2.54. The molecule has 0 atom stereocenters. The van der Waals surface area contributed by atoms with Gasteiger partial charge in [0.15, 0.2) is 5.69 Å².